The van der Waals surface area contributed by atoms with Crippen LogP contribution in [0.4, 0.5) is 0 Å². The van der Waals surface area contributed by atoms with Gasteiger partial charge in [0.2, 0.25) is 10.0 Å². The van der Waals surface area contributed by atoms with Gasteiger partial charge in [-0.2, -0.15) is 4.31 Å². The molecule has 1 fully saturated rings. The third-order valence-corrected chi connectivity index (χ3v) is 8.45. The molecule has 0 radical (unpaired) electrons. The number of fused-ring (bicyclic) bond motifs is 1. The van der Waals surface area contributed by atoms with Gasteiger partial charge in [0.15, 0.2) is 0 Å². The van der Waals surface area contributed by atoms with Gasteiger partial charge in [0.25, 0.3) is 5.91 Å². The van der Waals surface area contributed by atoms with Crippen LogP contribution in [0.5, 0.6) is 5.75 Å². The van der Waals surface area contributed by atoms with E-state index in [-0.39, 0.29) is 36.9 Å². The van der Waals surface area contributed by atoms with Gasteiger partial charge in [-0.15, -0.1) is 0 Å². The van der Waals surface area contributed by atoms with Crippen LogP contribution in [0.3, 0.4) is 0 Å². The van der Waals surface area contributed by atoms with Crippen LogP contribution in [0, 0.1) is 6.92 Å². The first-order valence-electron chi connectivity index (χ1n) is 11.6. The Balaban J connectivity index is 1.39. The molecule has 1 atom stereocenters. The molecule has 3 heterocycles. The summed E-state index contributed by atoms with van der Waals surface area (Å²) in [5.41, 5.74) is 8.49. The van der Waals surface area contributed by atoms with E-state index < -0.39 is 22.0 Å². The summed E-state index contributed by atoms with van der Waals surface area (Å²) in [4.78, 5) is 19.1. The van der Waals surface area contributed by atoms with Crippen LogP contribution >= 0.6 is 11.6 Å². The van der Waals surface area contributed by atoms with Gasteiger partial charge in [-0.05, 0) is 37.3 Å². The maximum Gasteiger partial charge on any atom is 0.266 e. The molecule has 2 aromatic carbocycles. The summed E-state index contributed by atoms with van der Waals surface area (Å²) >= 11 is 6.13. The average Bonchev–Trinajstić information content (AvgIpc) is 3.28. The molecule has 11 heteroatoms. The highest BCUT2D eigenvalue weighted by Crippen LogP contribution is 2.33. The zero-order valence-electron chi connectivity index (χ0n) is 20.0. The number of hydrogen-bond acceptors (Lipinski definition) is 6. The van der Waals surface area contributed by atoms with Crippen LogP contribution < -0.4 is 10.5 Å². The summed E-state index contributed by atoms with van der Waals surface area (Å²) < 4.78 is 40.7. The molecule has 1 unspecified atom stereocenters. The number of aromatic amines is 1. The Morgan fingerprint density at radius 1 is 1.22 bits per heavy atom. The van der Waals surface area contributed by atoms with Crippen LogP contribution in [0.15, 0.2) is 65.7 Å². The van der Waals surface area contributed by atoms with Crippen molar-refractivity contribution in [1.82, 2.24) is 14.3 Å². The number of aryl methyl sites for hydroxylation is 1. The average molecular weight is 541 g/mol. The highest BCUT2D eigenvalue weighted by molar-refractivity contribution is 7.89. The number of carbonyl (C=O) groups excluding carboxylic acids is 1. The number of hydrogen-bond donors (Lipinski definition) is 2. The van der Waals surface area contributed by atoms with E-state index >= 15 is 0 Å². The number of carbonyl (C=O) groups is 1. The van der Waals surface area contributed by atoms with Crippen molar-refractivity contribution in [3.05, 3.63) is 77.2 Å². The Hall–Kier alpha value is -3.44. The fourth-order valence-corrected chi connectivity index (χ4v) is 6.45. The van der Waals surface area contributed by atoms with Crippen molar-refractivity contribution in [2.45, 2.75) is 17.9 Å². The number of ether oxygens (including phenoxy) is 2. The molecule has 9 nitrogen and oxygen atoms in total. The topological polar surface area (TPSA) is 128 Å². The molecule has 0 saturated carbocycles. The lowest BCUT2D eigenvalue weighted by molar-refractivity contribution is -0.0248. The highest BCUT2D eigenvalue weighted by atomic mass is 35.5. The second-order valence-electron chi connectivity index (χ2n) is 8.68. The van der Waals surface area contributed by atoms with Crippen molar-refractivity contribution >= 4 is 38.4 Å². The second-order valence-corrected chi connectivity index (χ2v) is 11.0. The number of benzene rings is 2. The monoisotopic (exact) mass is 540 g/mol. The molecule has 2 aromatic heterocycles. The number of morpholine rings is 1. The summed E-state index contributed by atoms with van der Waals surface area (Å²) in [6.45, 7) is 2.39. The van der Waals surface area contributed by atoms with Crippen LogP contribution in [0.25, 0.3) is 22.0 Å². The number of primary amides is 1. The number of nitrogens with one attached hydrogen (secondary N) is 1. The van der Waals surface area contributed by atoms with Crippen molar-refractivity contribution in [2.24, 2.45) is 5.73 Å². The molecule has 37 heavy (non-hydrogen) atoms. The fraction of sp³-hybridized carbons (Fsp3) is 0.231. The molecular weight excluding hydrogens is 516 g/mol. The van der Waals surface area contributed by atoms with Gasteiger partial charge in [0.1, 0.15) is 29.0 Å². The van der Waals surface area contributed by atoms with Gasteiger partial charge < -0.3 is 20.2 Å². The van der Waals surface area contributed by atoms with E-state index in [4.69, 9.17) is 26.8 Å². The first-order valence-corrected chi connectivity index (χ1v) is 13.4. The van der Waals surface area contributed by atoms with Gasteiger partial charge >= 0.3 is 0 Å². The SMILES string of the molecule is Cc1ncccc1-c1ccccc1OCC1CN(S(=O)(=O)c2c(C(N)=O)[nH]c3ccc(Cl)cc23)CCO1. The van der Waals surface area contributed by atoms with Crippen LogP contribution in [-0.2, 0) is 14.8 Å². The third-order valence-electron chi connectivity index (χ3n) is 6.27. The Morgan fingerprint density at radius 2 is 2.00 bits per heavy atom. The standard InChI is InChI=1S/C26H25ClN4O5S/c1-16-19(6-4-10-29-16)20-5-2-3-7-23(20)36-15-18-14-31(11-12-35-18)37(33,34)25-21-13-17(27)8-9-22(21)30-24(25)26(28)32/h2-10,13,18,30H,11-12,14-15H2,1H3,(H2,28,32). The number of halogens is 1. The molecule has 0 aliphatic carbocycles. The smallest absolute Gasteiger partial charge is 0.266 e. The molecule has 4 aromatic rings. The van der Waals surface area contributed by atoms with Gasteiger partial charge in [-0.25, -0.2) is 8.42 Å². The molecule has 1 saturated heterocycles. The van der Waals surface area contributed by atoms with Crippen LogP contribution in [-0.4, -0.2) is 61.0 Å². The molecule has 1 aliphatic heterocycles. The summed E-state index contributed by atoms with van der Waals surface area (Å²) in [5, 5.41) is 0.649. The van der Waals surface area contributed by atoms with Crippen LogP contribution in [0.1, 0.15) is 16.2 Å². The number of H-pyrrole nitrogens is 1. The number of sulfonamides is 1. The summed E-state index contributed by atoms with van der Waals surface area (Å²) in [5.74, 6) is -0.231. The maximum absolute atomic E-state index is 13.7. The Kier molecular flexibility index (Phi) is 6.91. The molecule has 3 N–H and O–H groups in total. The quantitative estimate of drug-likeness (QED) is 0.367. The summed E-state index contributed by atoms with van der Waals surface area (Å²) in [6, 6.07) is 16.2. The predicted molar refractivity (Wildman–Crippen MR) is 140 cm³/mol. The lowest BCUT2D eigenvalue weighted by atomic mass is 10.0. The van der Waals surface area contributed by atoms with E-state index in [1.54, 1.807) is 18.3 Å². The zero-order valence-corrected chi connectivity index (χ0v) is 21.6. The van der Waals surface area contributed by atoms with Crippen LogP contribution in [0.2, 0.25) is 5.02 Å². The summed E-state index contributed by atoms with van der Waals surface area (Å²) in [6.07, 6.45) is 1.20. The molecule has 5 rings (SSSR count). The zero-order chi connectivity index (χ0) is 26.2. The number of pyridine rings is 1. The van der Waals surface area contributed by atoms with E-state index in [9.17, 15) is 13.2 Å². The predicted octanol–water partition coefficient (Wildman–Crippen LogP) is 3.76. The summed E-state index contributed by atoms with van der Waals surface area (Å²) in [7, 11) is -4.11. The molecule has 0 bridgehead atoms. The minimum atomic E-state index is -4.11. The largest absolute Gasteiger partial charge is 0.490 e. The van der Waals surface area contributed by atoms with Crippen molar-refractivity contribution in [3.8, 4) is 16.9 Å². The number of nitrogens with two attached hydrogens (primary N) is 1. The van der Waals surface area contributed by atoms with Gasteiger partial charge in [-0.1, -0.05) is 35.9 Å². The lowest BCUT2D eigenvalue weighted by Gasteiger charge is -2.32. The number of rotatable bonds is 7. The van der Waals surface area contributed by atoms with Crippen molar-refractivity contribution in [2.75, 3.05) is 26.3 Å². The van der Waals surface area contributed by atoms with Gasteiger partial charge in [0.05, 0.1) is 6.61 Å². The van der Waals surface area contributed by atoms with Crippen molar-refractivity contribution in [3.63, 3.8) is 0 Å². The second kappa shape index (κ2) is 10.1. The first kappa shape index (κ1) is 25.2. The number of para-hydroxylation sites is 1. The Bertz CT molecular complexity index is 1590. The van der Waals surface area contributed by atoms with Crippen molar-refractivity contribution in [1.29, 1.82) is 0 Å². The molecule has 1 aliphatic rings. The number of amides is 1. The Labute approximate surface area is 219 Å². The van der Waals surface area contributed by atoms with E-state index in [0.717, 1.165) is 16.8 Å². The van der Waals surface area contributed by atoms with E-state index in [1.807, 2.05) is 43.3 Å². The minimum Gasteiger partial charge on any atom is -0.490 e. The molecule has 192 valence electrons. The van der Waals surface area contributed by atoms with Gasteiger partial charge in [-0.3, -0.25) is 9.78 Å². The van der Waals surface area contributed by atoms with E-state index in [1.165, 1.54) is 10.4 Å². The molecule has 0 spiro atoms. The van der Waals surface area contributed by atoms with E-state index in [0.29, 0.717) is 21.7 Å². The minimum absolute atomic E-state index is 0.0435. The molecule has 1 amide bonds. The first-order chi connectivity index (χ1) is 17.8. The maximum atomic E-state index is 13.7. The van der Waals surface area contributed by atoms with E-state index in [2.05, 4.69) is 9.97 Å². The van der Waals surface area contributed by atoms with Crippen molar-refractivity contribution < 1.29 is 22.7 Å². The van der Waals surface area contributed by atoms with Gasteiger partial charge in [0, 0.05) is 52.0 Å². The normalized spacial score (nSPS) is 16.6. The third kappa shape index (κ3) is 4.93. The molecular formula is C26H25ClN4O5S. The number of nitrogens with zero attached hydrogens (tertiary/aromatic N) is 2. The number of aromatic nitrogens is 2. The fourth-order valence-electron chi connectivity index (χ4n) is 4.49. The highest BCUT2D eigenvalue weighted by Gasteiger charge is 2.36. The Morgan fingerprint density at radius 3 is 2.78 bits per heavy atom. The lowest BCUT2D eigenvalue weighted by Crippen LogP contribution is -2.47.